The maximum absolute atomic E-state index is 12.9. The number of pyridine rings is 1. The molecule has 100 valence electrons. The summed E-state index contributed by atoms with van der Waals surface area (Å²) in [5, 5.41) is 0. The molecule has 0 fully saturated rings. The van der Waals surface area contributed by atoms with Gasteiger partial charge in [0.1, 0.15) is 6.61 Å². The topological polar surface area (TPSA) is 22.1 Å². The first kappa shape index (κ1) is 17.7. The first-order valence-corrected chi connectivity index (χ1v) is 5.80. The maximum atomic E-state index is 12.9. The Bertz CT molecular complexity index is 563. The van der Waals surface area contributed by atoms with Gasteiger partial charge in [-0.15, -0.1) is 0 Å². The monoisotopic (exact) mass is 305 g/mol. The maximum Gasteiger partial charge on any atom is 1.00 e. The van der Waals surface area contributed by atoms with E-state index in [4.69, 9.17) is 4.74 Å². The summed E-state index contributed by atoms with van der Waals surface area (Å²) in [6.07, 6.45) is 1.57. The van der Waals surface area contributed by atoms with Gasteiger partial charge in [-0.05, 0) is 25.1 Å². The van der Waals surface area contributed by atoms with Crippen LogP contribution in [0.1, 0.15) is 11.3 Å². The van der Waals surface area contributed by atoms with E-state index in [1.165, 1.54) is 6.07 Å². The van der Waals surface area contributed by atoms with E-state index in [2.05, 4.69) is 4.98 Å². The van der Waals surface area contributed by atoms with E-state index in [1.54, 1.807) is 37.4 Å². The van der Waals surface area contributed by atoms with Crippen molar-refractivity contribution in [1.29, 1.82) is 0 Å². The second-order valence-corrected chi connectivity index (χ2v) is 4.23. The van der Waals surface area contributed by atoms with E-state index in [1.807, 2.05) is 0 Å². The standard InChI is InChI=1S/C13H12BF3NO.K/c1-10-5-6-13(12(8-10)14(15,16)17)19-9-11-4-2-3-7-18-11;/h2-8H,9H2,1H3;/q-1;+1. The van der Waals surface area contributed by atoms with Crippen molar-refractivity contribution in [1.82, 2.24) is 4.98 Å². The number of benzene rings is 1. The van der Waals surface area contributed by atoms with Gasteiger partial charge < -0.3 is 17.7 Å². The van der Waals surface area contributed by atoms with Crippen LogP contribution in [0.5, 0.6) is 5.75 Å². The molecule has 2 nitrogen and oxygen atoms in total. The SMILES string of the molecule is Cc1ccc(OCc2ccccn2)c([B-](F)(F)F)c1.[K+]. The van der Waals surface area contributed by atoms with Gasteiger partial charge in [-0.25, -0.2) is 0 Å². The molecule has 0 bridgehead atoms. The number of aromatic nitrogens is 1. The zero-order chi connectivity index (χ0) is 13.9. The second kappa shape index (κ2) is 7.61. The summed E-state index contributed by atoms with van der Waals surface area (Å²) in [7, 11) is 0. The largest absolute Gasteiger partial charge is 1.00 e. The Hall–Kier alpha value is -0.339. The average Bonchev–Trinajstić information content (AvgIpc) is 2.37. The Balaban J connectivity index is 0.00000200. The quantitative estimate of drug-likeness (QED) is 0.744. The molecule has 20 heavy (non-hydrogen) atoms. The van der Waals surface area contributed by atoms with Crippen molar-refractivity contribution in [3.63, 3.8) is 0 Å². The van der Waals surface area contributed by atoms with Crippen LogP contribution in [0.4, 0.5) is 12.9 Å². The van der Waals surface area contributed by atoms with Crippen molar-refractivity contribution in [2.45, 2.75) is 13.5 Å². The molecule has 0 amide bonds. The number of nitrogens with zero attached hydrogens (tertiary/aromatic N) is 1. The fourth-order valence-corrected chi connectivity index (χ4v) is 1.69. The van der Waals surface area contributed by atoms with Crippen LogP contribution >= 0.6 is 0 Å². The van der Waals surface area contributed by atoms with E-state index in [9.17, 15) is 12.9 Å². The van der Waals surface area contributed by atoms with Gasteiger partial charge in [0.2, 0.25) is 0 Å². The molecule has 0 unspecified atom stereocenters. The van der Waals surface area contributed by atoms with Gasteiger partial charge in [-0.3, -0.25) is 4.98 Å². The van der Waals surface area contributed by atoms with Crippen molar-refractivity contribution >= 4 is 12.4 Å². The van der Waals surface area contributed by atoms with Crippen molar-refractivity contribution in [2.75, 3.05) is 0 Å². The Labute approximate surface area is 158 Å². The van der Waals surface area contributed by atoms with Crippen molar-refractivity contribution in [3.8, 4) is 5.75 Å². The molecule has 2 rings (SSSR count). The van der Waals surface area contributed by atoms with Crippen molar-refractivity contribution < 1.29 is 69.1 Å². The minimum absolute atomic E-state index is 0. The van der Waals surface area contributed by atoms with Crippen molar-refractivity contribution in [2.24, 2.45) is 0 Å². The molecule has 1 heterocycles. The normalized spacial score (nSPS) is 10.8. The Morgan fingerprint density at radius 2 is 1.90 bits per heavy atom. The zero-order valence-corrected chi connectivity index (χ0v) is 14.4. The third kappa shape index (κ3) is 4.89. The fraction of sp³-hybridized carbons (Fsp3) is 0.154. The van der Waals surface area contributed by atoms with Crippen molar-refractivity contribution in [3.05, 3.63) is 53.9 Å². The van der Waals surface area contributed by atoms with Gasteiger partial charge in [0.05, 0.1) is 11.4 Å². The number of rotatable bonds is 4. The molecule has 0 radical (unpaired) electrons. The first-order valence-electron chi connectivity index (χ1n) is 5.80. The summed E-state index contributed by atoms with van der Waals surface area (Å²) < 4.78 is 44.0. The molecule has 0 saturated heterocycles. The van der Waals surface area contributed by atoms with E-state index in [0.29, 0.717) is 11.3 Å². The van der Waals surface area contributed by atoms with Crippen LogP contribution in [0.3, 0.4) is 0 Å². The number of aryl methyl sites for hydroxylation is 1. The summed E-state index contributed by atoms with van der Waals surface area (Å²) in [5.74, 6) is -0.149. The van der Waals surface area contributed by atoms with E-state index in [0.717, 1.165) is 6.07 Å². The van der Waals surface area contributed by atoms with Crippen LogP contribution in [0.15, 0.2) is 42.6 Å². The molecule has 2 aromatic rings. The van der Waals surface area contributed by atoms with Crippen LogP contribution in [-0.2, 0) is 6.61 Å². The molecule has 0 spiro atoms. The molecule has 0 atom stereocenters. The summed E-state index contributed by atoms with van der Waals surface area (Å²) in [6.45, 7) is -3.45. The Morgan fingerprint density at radius 3 is 2.50 bits per heavy atom. The molecule has 0 N–H and O–H groups in total. The zero-order valence-electron chi connectivity index (χ0n) is 11.3. The molecule has 1 aromatic heterocycles. The molecule has 7 heteroatoms. The van der Waals surface area contributed by atoms with Crippen LogP contribution in [0.25, 0.3) is 0 Å². The third-order valence-corrected chi connectivity index (χ3v) is 2.62. The van der Waals surface area contributed by atoms with Gasteiger partial charge >= 0.3 is 58.4 Å². The van der Waals surface area contributed by atoms with Gasteiger partial charge in [0, 0.05) is 6.20 Å². The molecule has 0 saturated carbocycles. The average molecular weight is 305 g/mol. The first-order chi connectivity index (χ1) is 8.97. The molecule has 0 aliphatic heterocycles. The number of hydrogen-bond acceptors (Lipinski definition) is 2. The van der Waals surface area contributed by atoms with Crippen LogP contribution in [-0.4, -0.2) is 12.0 Å². The summed E-state index contributed by atoms with van der Waals surface area (Å²) in [5.41, 5.74) is 0.444. The number of ether oxygens (including phenoxy) is 1. The molecule has 0 aliphatic rings. The van der Waals surface area contributed by atoms with Gasteiger partial charge in [0.25, 0.3) is 0 Å². The minimum atomic E-state index is -5.09. The molecule has 0 aliphatic carbocycles. The fourth-order valence-electron chi connectivity index (χ4n) is 1.69. The third-order valence-electron chi connectivity index (χ3n) is 2.62. The Kier molecular flexibility index (Phi) is 6.74. The molecule has 1 aromatic carbocycles. The van der Waals surface area contributed by atoms with Gasteiger partial charge in [0.15, 0.2) is 0 Å². The van der Waals surface area contributed by atoms with E-state index < -0.39 is 12.4 Å². The van der Waals surface area contributed by atoms with Gasteiger partial charge in [-0.2, -0.15) is 0 Å². The van der Waals surface area contributed by atoms with Crippen LogP contribution < -0.4 is 61.6 Å². The number of hydrogen-bond donors (Lipinski definition) is 0. The van der Waals surface area contributed by atoms with Gasteiger partial charge in [-0.1, -0.05) is 29.2 Å². The second-order valence-electron chi connectivity index (χ2n) is 4.23. The number of halogens is 3. The molecular weight excluding hydrogens is 293 g/mol. The predicted octanol–water partition coefficient (Wildman–Crippen LogP) is 0.0274. The Morgan fingerprint density at radius 1 is 1.15 bits per heavy atom. The van der Waals surface area contributed by atoms with E-state index >= 15 is 0 Å². The van der Waals surface area contributed by atoms with Crippen LogP contribution in [0, 0.1) is 6.92 Å². The predicted molar refractivity (Wildman–Crippen MR) is 68.5 cm³/mol. The van der Waals surface area contributed by atoms with E-state index in [-0.39, 0.29) is 63.7 Å². The summed E-state index contributed by atoms with van der Waals surface area (Å²) in [6, 6.07) is 9.25. The summed E-state index contributed by atoms with van der Waals surface area (Å²) in [4.78, 5) is 4.00. The summed E-state index contributed by atoms with van der Waals surface area (Å²) >= 11 is 0. The van der Waals surface area contributed by atoms with Crippen LogP contribution in [0.2, 0.25) is 0 Å². The smallest absolute Gasteiger partial charge is 0.490 e. The molecular formula is C13H12BF3KNO. The minimum Gasteiger partial charge on any atom is -0.490 e.